The number of rotatable bonds is 2. The van der Waals surface area contributed by atoms with Crippen LogP contribution in [0.2, 0.25) is 0 Å². The topological polar surface area (TPSA) is 48.1 Å². The van der Waals surface area contributed by atoms with Crippen LogP contribution in [0, 0.1) is 0 Å². The third-order valence-electron chi connectivity index (χ3n) is 1.51. The summed E-state index contributed by atoms with van der Waals surface area (Å²) in [5, 5.41) is 0. The van der Waals surface area contributed by atoms with E-state index in [1.165, 1.54) is 0 Å². The maximum Gasteiger partial charge on any atom is 0.142 e. The molecule has 13 heavy (non-hydrogen) atoms. The Morgan fingerprint density at radius 1 is 1.46 bits per heavy atom. The maximum absolute atomic E-state index is 5.68. The van der Waals surface area contributed by atoms with Crippen LogP contribution in [0.15, 0.2) is 18.5 Å². The molecule has 1 aromatic heterocycles. The Morgan fingerprint density at radius 3 is 2.69 bits per heavy atom. The maximum atomic E-state index is 5.68. The van der Waals surface area contributed by atoms with Crippen LogP contribution in [0.25, 0.3) is 0 Å². The third-order valence-corrected chi connectivity index (χ3v) is 1.51. The summed E-state index contributed by atoms with van der Waals surface area (Å²) in [4.78, 5) is 4.00. The molecule has 3 heteroatoms. The van der Waals surface area contributed by atoms with Crippen molar-refractivity contribution in [2.45, 2.75) is 32.9 Å². The molecule has 72 valence electrons. The van der Waals surface area contributed by atoms with Gasteiger partial charge < -0.3 is 10.5 Å². The van der Waals surface area contributed by atoms with E-state index in [-0.39, 0.29) is 5.60 Å². The summed E-state index contributed by atoms with van der Waals surface area (Å²) >= 11 is 0. The van der Waals surface area contributed by atoms with Gasteiger partial charge >= 0.3 is 0 Å². The van der Waals surface area contributed by atoms with Crippen molar-refractivity contribution in [2.75, 3.05) is 0 Å². The first-order valence-electron chi connectivity index (χ1n) is 4.35. The number of nitrogens with two attached hydrogens (primary N) is 1. The number of hydrogen-bond donors (Lipinski definition) is 1. The predicted molar refractivity (Wildman–Crippen MR) is 52.5 cm³/mol. The van der Waals surface area contributed by atoms with Crippen LogP contribution >= 0.6 is 0 Å². The second-order valence-corrected chi connectivity index (χ2v) is 3.90. The van der Waals surface area contributed by atoms with Crippen LogP contribution in [-0.4, -0.2) is 10.6 Å². The molecular weight excluding hydrogens is 164 g/mol. The SMILES string of the molecule is CC(C)(C)Oc1cnccc1CN. The van der Waals surface area contributed by atoms with E-state index < -0.39 is 0 Å². The van der Waals surface area contributed by atoms with Crippen LogP contribution in [0.1, 0.15) is 26.3 Å². The molecule has 1 heterocycles. The summed E-state index contributed by atoms with van der Waals surface area (Å²) < 4.78 is 5.68. The molecule has 0 aliphatic rings. The highest BCUT2D eigenvalue weighted by Gasteiger charge is 2.13. The highest BCUT2D eigenvalue weighted by atomic mass is 16.5. The van der Waals surface area contributed by atoms with Gasteiger partial charge in [0, 0.05) is 18.3 Å². The zero-order valence-electron chi connectivity index (χ0n) is 8.37. The van der Waals surface area contributed by atoms with E-state index in [0.29, 0.717) is 6.54 Å². The molecule has 0 unspecified atom stereocenters. The van der Waals surface area contributed by atoms with Gasteiger partial charge in [0.25, 0.3) is 0 Å². The van der Waals surface area contributed by atoms with Gasteiger partial charge in [0.2, 0.25) is 0 Å². The minimum absolute atomic E-state index is 0.201. The molecule has 0 aliphatic heterocycles. The van der Waals surface area contributed by atoms with Crippen molar-refractivity contribution in [1.82, 2.24) is 4.98 Å². The first-order valence-corrected chi connectivity index (χ1v) is 4.35. The third kappa shape index (κ3) is 3.03. The molecular formula is C10H16N2O. The lowest BCUT2D eigenvalue weighted by Gasteiger charge is -2.22. The predicted octanol–water partition coefficient (Wildman–Crippen LogP) is 1.72. The van der Waals surface area contributed by atoms with Gasteiger partial charge in [-0.25, -0.2) is 0 Å². The Kier molecular flexibility index (Phi) is 2.88. The fourth-order valence-electron chi connectivity index (χ4n) is 0.999. The lowest BCUT2D eigenvalue weighted by atomic mass is 10.2. The monoisotopic (exact) mass is 180 g/mol. The van der Waals surface area contributed by atoms with E-state index in [1.54, 1.807) is 12.4 Å². The molecule has 0 aliphatic carbocycles. The Hall–Kier alpha value is -1.09. The van der Waals surface area contributed by atoms with Gasteiger partial charge in [0.15, 0.2) is 0 Å². The summed E-state index contributed by atoms with van der Waals surface area (Å²) in [7, 11) is 0. The first-order chi connectivity index (χ1) is 6.03. The number of hydrogen-bond acceptors (Lipinski definition) is 3. The zero-order chi connectivity index (χ0) is 9.90. The summed E-state index contributed by atoms with van der Waals surface area (Å²) in [5.41, 5.74) is 6.35. The quantitative estimate of drug-likeness (QED) is 0.753. The number of aromatic nitrogens is 1. The smallest absolute Gasteiger partial charge is 0.142 e. The Labute approximate surface area is 78.9 Å². The standard InChI is InChI=1S/C10H16N2O/c1-10(2,3)13-9-7-12-5-4-8(9)6-11/h4-5,7H,6,11H2,1-3H3. The van der Waals surface area contributed by atoms with Crippen LogP contribution in [-0.2, 0) is 6.54 Å². The van der Waals surface area contributed by atoms with Crippen molar-refractivity contribution in [2.24, 2.45) is 5.73 Å². The van der Waals surface area contributed by atoms with Crippen molar-refractivity contribution in [1.29, 1.82) is 0 Å². The van der Waals surface area contributed by atoms with E-state index in [4.69, 9.17) is 10.5 Å². The van der Waals surface area contributed by atoms with Gasteiger partial charge in [-0.2, -0.15) is 0 Å². The summed E-state index contributed by atoms with van der Waals surface area (Å²) in [6.07, 6.45) is 3.42. The van der Waals surface area contributed by atoms with E-state index in [9.17, 15) is 0 Å². The number of ether oxygens (including phenoxy) is 1. The molecule has 0 amide bonds. The van der Waals surface area contributed by atoms with E-state index in [1.807, 2.05) is 26.8 Å². The molecule has 1 aromatic rings. The van der Waals surface area contributed by atoms with Crippen LogP contribution in [0.5, 0.6) is 5.75 Å². The van der Waals surface area contributed by atoms with Gasteiger partial charge in [-0.1, -0.05) is 0 Å². The van der Waals surface area contributed by atoms with Crippen LogP contribution < -0.4 is 10.5 Å². The Bertz CT molecular complexity index is 278. The fraction of sp³-hybridized carbons (Fsp3) is 0.500. The van der Waals surface area contributed by atoms with Gasteiger partial charge in [-0.3, -0.25) is 4.98 Å². The summed E-state index contributed by atoms with van der Waals surface area (Å²) in [6, 6.07) is 1.88. The molecule has 0 aromatic carbocycles. The molecule has 0 atom stereocenters. The fourth-order valence-corrected chi connectivity index (χ4v) is 0.999. The van der Waals surface area contributed by atoms with E-state index >= 15 is 0 Å². The molecule has 0 saturated carbocycles. The number of pyridine rings is 1. The molecule has 0 radical (unpaired) electrons. The largest absolute Gasteiger partial charge is 0.486 e. The van der Waals surface area contributed by atoms with E-state index in [0.717, 1.165) is 11.3 Å². The molecule has 0 fully saturated rings. The van der Waals surface area contributed by atoms with Crippen molar-refractivity contribution < 1.29 is 4.74 Å². The molecule has 0 saturated heterocycles. The Morgan fingerprint density at radius 2 is 2.15 bits per heavy atom. The molecule has 0 spiro atoms. The lowest BCUT2D eigenvalue weighted by molar-refractivity contribution is 0.129. The molecule has 3 nitrogen and oxygen atoms in total. The normalized spacial score (nSPS) is 11.4. The van der Waals surface area contributed by atoms with Gasteiger partial charge in [-0.05, 0) is 26.8 Å². The summed E-state index contributed by atoms with van der Waals surface area (Å²) in [5.74, 6) is 0.775. The summed E-state index contributed by atoms with van der Waals surface area (Å²) in [6.45, 7) is 6.48. The molecule has 0 bridgehead atoms. The lowest BCUT2D eigenvalue weighted by Crippen LogP contribution is -2.24. The Balaban J connectivity index is 2.87. The zero-order valence-corrected chi connectivity index (χ0v) is 8.37. The van der Waals surface area contributed by atoms with Crippen molar-refractivity contribution in [3.63, 3.8) is 0 Å². The van der Waals surface area contributed by atoms with Gasteiger partial charge in [0.05, 0.1) is 6.20 Å². The minimum Gasteiger partial charge on any atom is -0.486 e. The highest BCUT2D eigenvalue weighted by molar-refractivity contribution is 5.29. The average Bonchev–Trinajstić information content (AvgIpc) is 2.02. The molecule has 1 rings (SSSR count). The molecule has 2 N–H and O–H groups in total. The van der Waals surface area contributed by atoms with Crippen molar-refractivity contribution in [3.05, 3.63) is 24.0 Å². The second kappa shape index (κ2) is 3.75. The van der Waals surface area contributed by atoms with E-state index in [2.05, 4.69) is 4.98 Å². The highest BCUT2D eigenvalue weighted by Crippen LogP contribution is 2.20. The van der Waals surface area contributed by atoms with Crippen molar-refractivity contribution in [3.8, 4) is 5.75 Å². The first kappa shape index (κ1) is 9.99. The minimum atomic E-state index is -0.201. The van der Waals surface area contributed by atoms with Gasteiger partial charge in [0.1, 0.15) is 11.4 Å². The van der Waals surface area contributed by atoms with Crippen LogP contribution in [0.3, 0.4) is 0 Å². The average molecular weight is 180 g/mol. The van der Waals surface area contributed by atoms with Crippen molar-refractivity contribution >= 4 is 0 Å². The van der Waals surface area contributed by atoms with Gasteiger partial charge in [-0.15, -0.1) is 0 Å². The van der Waals surface area contributed by atoms with Crippen LogP contribution in [0.4, 0.5) is 0 Å². The second-order valence-electron chi connectivity index (χ2n) is 3.90. The number of nitrogens with zero attached hydrogens (tertiary/aromatic N) is 1.